The van der Waals surface area contributed by atoms with E-state index in [0.29, 0.717) is 26.2 Å². The lowest BCUT2D eigenvalue weighted by Crippen LogP contribution is -2.06. The molecule has 0 unspecified atom stereocenters. The Bertz CT molecular complexity index is 4160. The Morgan fingerprint density at radius 1 is 0.365 bits per heavy atom. The van der Waals surface area contributed by atoms with E-state index in [1.165, 1.54) is 105 Å². The molecule has 8 aromatic carbocycles. The molecule has 4 heterocycles. The van der Waals surface area contributed by atoms with Crippen LogP contribution in [0, 0.1) is 27.7 Å². The van der Waals surface area contributed by atoms with E-state index in [1.54, 1.807) is 11.8 Å². The first kappa shape index (κ1) is 62.7. The van der Waals surface area contributed by atoms with E-state index >= 15 is 0 Å². The SMILES string of the molecule is CSc1ccc2c(c1)c(CCN)c(C)n2Cc1ccccc1.Cc1c(CCN)c2cc(Br)ccc2n1Cc1ccccc1Cl.Cc1c(CCN)c2ccccc2n1Cc1ccccc1.Cc1c(CCN)c2ccccc2n1Cc1ccccc1Cl. The van der Waals surface area contributed by atoms with Crippen LogP contribution in [-0.2, 0) is 51.9 Å². The quantitative estimate of drug-likeness (QED) is 0.0676. The number of halogens is 3. The van der Waals surface area contributed by atoms with Crippen LogP contribution in [0.3, 0.4) is 0 Å². The van der Waals surface area contributed by atoms with E-state index in [0.717, 1.165) is 77.5 Å². The molecule has 0 radical (unpaired) electrons. The number of fused-ring (bicyclic) bond motifs is 4. The van der Waals surface area contributed by atoms with Crippen LogP contribution in [0.1, 0.15) is 67.3 Å². The van der Waals surface area contributed by atoms with Crippen molar-refractivity contribution in [2.24, 2.45) is 22.9 Å². The van der Waals surface area contributed by atoms with Gasteiger partial charge < -0.3 is 41.2 Å². The second-order valence-electron chi connectivity index (χ2n) is 21.5. The van der Waals surface area contributed by atoms with Gasteiger partial charge in [-0.3, -0.25) is 0 Å². The van der Waals surface area contributed by atoms with Crippen molar-refractivity contribution in [1.82, 2.24) is 18.3 Å². The lowest BCUT2D eigenvalue weighted by Gasteiger charge is -2.10. The van der Waals surface area contributed by atoms with Gasteiger partial charge >= 0.3 is 0 Å². The van der Waals surface area contributed by atoms with Crippen molar-refractivity contribution in [1.29, 1.82) is 0 Å². The summed E-state index contributed by atoms with van der Waals surface area (Å²) in [5.74, 6) is 0. The monoisotopic (exact) mass is 1250 g/mol. The van der Waals surface area contributed by atoms with Gasteiger partial charge in [-0.15, -0.1) is 11.8 Å². The van der Waals surface area contributed by atoms with Crippen molar-refractivity contribution in [3.8, 4) is 0 Å². The van der Waals surface area contributed by atoms with Gasteiger partial charge in [0.1, 0.15) is 0 Å². The normalized spacial score (nSPS) is 11.2. The molecule has 12 rings (SSSR count). The molecule has 12 aromatic rings. The maximum Gasteiger partial charge on any atom is 0.0493 e. The van der Waals surface area contributed by atoms with Crippen LogP contribution in [-0.4, -0.2) is 50.7 Å². The highest BCUT2D eigenvalue weighted by atomic mass is 79.9. The smallest absolute Gasteiger partial charge is 0.0493 e. The third-order valence-electron chi connectivity index (χ3n) is 16.3. The van der Waals surface area contributed by atoms with Crippen LogP contribution < -0.4 is 22.9 Å². The molecule has 0 saturated carbocycles. The summed E-state index contributed by atoms with van der Waals surface area (Å²) in [4.78, 5) is 1.31. The van der Waals surface area contributed by atoms with Crippen LogP contribution in [0.2, 0.25) is 10.0 Å². The van der Waals surface area contributed by atoms with Gasteiger partial charge in [-0.25, -0.2) is 0 Å². The van der Waals surface area contributed by atoms with Crippen molar-refractivity contribution in [2.45, 2.75) is 84.5 Å². The van der Waals surface area contributed by atoms with Gasteiger partial charge in [0.25, 0.3) is 0 Å². The number of nitrogens with zero attached hydrogens (tertiary/aromatic N) is 4. The lowest BCUT2D eigenvalue weighted by atomic mass is 10.1. The molecule has 0 aliphatic carbocycles. The first-order chi connectivity index (χ1) is 41.4. The molecule has 8 N–H and O–H groups in total. The highest BCUT2D eigenvalue weighted by molar-refractivity contribution is 9.10. The summed E-state index contributed by atoms with van der Waals surface area (Å²) in [5.41, 5.74) is 43.9. The van der Waals surface area contributed by atoms with Gasteiger partial charge in [0.2, 0.25) is 0 Å². The fourth-order valence-corrected chi connectivity index (χ4v) is 13.2. The number of benzene rings is 8. The first-order valence-corrected chi connectivity index (χ1v) is 32.1. The fourth-order valence-electron chi connectivity index (χ4n) is 12.0. The molecule has 0 fully saturated rings. The summed E-state index contributed by atoms with van der Waals surface area (Å²) in [5, 5.41) is 6.88. The molecule has 438 valence electrons. The topological polar surface area (TPSA) is 124 Å². The number of rotatable bonds is 17. The van der Waals surface area contributed by atoms with E-state index in [4.69, 9.17) is 46.1 Å². The van der Waals surface area contributed by atoms with E-state index in [9.17, 15) is 0 Å². The number of hydrogen-bond donors (Lipinski definition) is 4. The zero-order chi connectivity index (χ0) is 60.0. The molecular formula is C73H79BrCl2N8S. The molecule has 12 heteroatoms. The average Bonchev–Trinajstić information content (AvgIpc) is 2.65. The molecule has 85 heavy (non-hydrogen) atoms. The predicted octanol–water partition coefficient (Wildman–Crippen LogP) is 16.8. The predicted molar refractivity (Wildman–Crippen MR) is 369 cm³/mol. The second-order valence-corrected chi connectivity index (χ2v) is 24.1. The van der Waals surface area contributed by atoms with Gasteiger partial charge in [0, 0.05) is 112 Å². The molecule has 0 saturated heterocycles. The minimum absolute atomic E-state index is 0.651. The molecule has 0 spiro atoms. The number of nitrogens with two attached hydrogens (primary N) is 4. The number of thioether (sulfide) groups is 1. The molecule has 8 nitrogen and oxygen atoms in total. The summed E-state index contributed by atoms with van der Waals surface area (Å²) in [6.45, 7) is 14.8. The van der Waals surface area contributed by atoms with Crippen molar-refractivity contribution in [2.75, 3.05) is 32.4 Å². The van der Waals surface area contributed by atoms with Crippen molar-refractivity contribution in [3.05, 3.63) is 276 Å². The summed E-state index contributed by atoms with van der Waals surface area (Å²) >= 11 is 18.0. The third-order valence-corrected chi connectivity index (χ3v) is 18.3. The Kier molecular flexibility index (Phi) is 22.1. The fraction of sp³-hybridized carbons (Fsp3) is 0.233. The van der Waals surface area contributed by atoms with Crippen LogP contribution in [0.15, 0.2) is 203 Å². The zero-order valence-corrected chi connectivity index (χ0v) is 53.5. The molecule has 0 aliphatic rings. The lowest BCUT2D eigenvalue weighted by molar-refractivity contribution is 0.792. The Morgan fingerprint density at radius 3 is 1.09 bits per heavy atom. The van der Waals surface area contributed by atoms with Crippen LogP contribution >= 0.6 is 50.9 Å². The van der Waals surface area contributed by atoms with E-state index in [1.807, 2.05) is 36.4 Å². The van der Waals surface area contributed by atoms with Crippen LogP contribution in [0.4, 0.5) is 0 Å². The van der Waals surface area contributed by atoms with Crippen molar-refractivity contribution >= 4 is 94.5 Å². The van der Waals surface area contributed by atoms with Crippen LogP contribution in [0.5, 0.6) is 0 Å². The number of hydrogen-bond acceptors (Lipinski definition) is 5. The number of para-hydroxylation sites is 2. The molecule has 0 bridgehead atoms. The summed E-state index contributed by atoms with van der Waals surface area (Å²) in [6.07, 6.45) is 5.78. The molecule has 0 aliphatic heterocycles. The Balaban J connectivity index is 0.000000136. The standard InChI is InChI=1S/C19H22N2S.C18H18BrClN2.C18H19ClN2.C18H20N2/c1-14-17(10-11-20)18-12-16(22-2)8-9-19(18)21(14)13-15-6-4-3-5-7-15;1-12-15(8-9-21)16-10-14(19)6-7-18(16)22(12)11-13-4-2-3-5-17(13)20;1-13-15(10-11-20)16-7-3-5-9-18(16)21(13)12-14-6-2-4-8-17(14)19;1-14-16(11-12-19)17-9-5-6-10-18(17)20(14)13-15-7-3-2-4-8-15/h3-9,12H,10-11,13,20H2,1-2H3;2-7,10H,8-9,11,21H2,1H3;2-9H,10-12,20H2,1H3;2-10H,11-13,19H2,1H3. The van der Waals surface area contributed by atoms with Gasteiger partial charge in [0.05, 0.1) is 0 Å². The summed E-state index contributed by atoms with van der Waals surface area (Å²) < 4.78 is 10.6. The molecule has 0 atom stereocenters. The molecule has 0 amide bonds. The van der Waals surface area contributed by atoms with Crippen molar-refractivity contribution in [3.63, 3.8) is 0 Å². The molecule has 4 aromatic heterocycles. The van der Waals surface area contributed by atoms with E-state index in [-0.39, 0.29) is 0 Å². The second kappa shape index (κ2) is 30.0. The highest BCUT2D eigenvalue weighted by Gasteiger charge is 2.18. The summed E-state index contributed by atoms with van der Waals surface area (Å²) in [7, 11) is 0. The Labute approximate surface area is 524 Å². The minimum Gasteiger partial charge on any atom is -0.340 e. The average molecular weight is 1250 g/mol. The maximum absolute atomic E-state index is 6.33. The largest absolute Gasteiger partial charge is 0.340 e. The third kappa shape index (κ3) is 14.5. The molecular weight excluding hydrogens is 1170 g/mol. The maximum atomic E-state index is 6.33. The minimum atomic E-state index is 0.651. The first-order valence-electron chi connectivity index (χ1n) is 29.3. The van der Waals surface area contributed by atoms with Gasteiger partial charge in [-0.05, 0) is 191 Å². The highest BCUT2D eigenvalue weighted by Crippen LogP contribution is 2.34. The van der Waals surface area contributed by atoms with Gasteiger partial charge in [0.15, 0.2) is 0 Å². The van der Waals surface area contributed by atoms with Gasteiger partial charge in [-0.1, -0.05) is 173 Å². The van der Waals surface area contributed by atoms with E-state index < -0.39 is 0 Å². The van der Waals surface area contributed by atoms with E-state index in [2.05, 4.69) is 226 Å². The Morgan fingerprint density at radius 2 is 0.694 bits per heavy atom. The summed E-state index contributed by atoms with van der Waals surface area (Å²) in [6, 6.07) is 67.6. The number of aromatic nitrogens is 4. The zero-order valence-electron chi connectivity index (χ0n) is 49.6. The van der Waals surface area contributed by atoms with Crippen LogP contribution in [0.25, 0.3) is 43.6 Å². The van der Waals surface area contributed by atoms with Crippen molar-refractivity contribution < 1.29 is 0 Å². The van der Waals surface area contributed by atoms with Gasteiger partial charge in [-0.2, -0.15) is 0 Å². The Hall–Kier alpha value is -6.83.